The van der Waals surface area contributed by atoms with Gasteiger partial charge in [0.25, 0.3) is 0 Å². The molecule has 0 spiro atoms. The van der Waals surface area contributed by atoms with Gasteiger partial charge in [-0.1, -0.05) is 6.42 Å². The summed E-state index contributed by atoms with van der Waals surface area (Å²) in [6, 6.07) is 0. The zero-order chi connectivity index (χ0) is 13.4. The van der Waals surface area contributed by atoms with E-state index in [-0.39, 0.29) is 0 Å². The van der Waals surface area contributed by atoms with E-state index < -0.39 is 47.8 Å². The fourth-order valence-electron chi connectivity index (χ4n) is 3.36. The predicted molar refractivity (Wildman–Crippen MR) is 57.9 cm³/mol. The minimum absolute atomic E-state index is 0.407. The number of hydrogen-bond acceptors (Lipinski definition) is 5. The number of hydrogen-bond donors (Lipinski definition) is 2. The summed E-state index contributed by atoms with van der Waals surface area (Å²) in [5.41, 5.74) is 0. The summed E-state index contributed by atoms with van der Waals surface area (Å²) in [6.07, 6.45) is 5.76. The highest BCUT2D eigenvalue weighted by atomic mass is 16.5. The standard InChI is InChI=1S/C12H14O6/c1-3-18-10-6-4-5(9(10)13)8(12(16)17-2)7(6)11(14)15/h1,5-10,13H,4H2,2H3,(H,14,15). The highest BCUT2D eigenvalue weighted by Gasteiger charge is 2.64. The zero-order valence-corrected chi connectivity index (χ0v) is 9.78. The molecule has 2 bridgehead atoms. The zero-order valence-electron chi connectivity index (χ0n) is 9.78. The lowest BCUT2D eigenvalue weighted by molar-refractivity contribution is -0.165. The maximum atomic E-state index is 11.7. The molecule has 2 rings (SSSR count). The molecule has 6 nitrogen and oxygen atoms in total. The van der Waals surface area contributed by atoms with Crippen LogP contribution in [0.1, 0.15) is 6.42 Å². The molecule has 0 amide bonds. The predicted octanol–water partition coefficient (Wildman–Crippen LogP) is -0.537. The van der Waals surface area contributed by atoms with Crippen LogP contribution in [0, 0.1) is 36.2 Å². The quantitative estimate of drug-likeness (QED) is 0.519. The number of fused-ring (bicyclic) bond motifs is 2. The maximum Gasteiger partial charge on any atom is 0.309 e. The summed E-state index contributed by atoms with van der Waals surface area (Å²) in [7, 11) is 1.20. The third-order valence-electron chi connectivity index (χ3n) is 4.01. The van der Waals surface area contributed by atoms with Crippen LogP contribution in [0.5, 0.6) is 0 Å². The molecule has 6 unspecified atom stereocenters. The number of aliphatic hydroxyl groups excluding tert-OH is 1. The van der Waals surface area contributed by atoms with Crippen molar-refractivity contribution in [2.24, 2.45) is 23.7 Å². The average Bonchev–Trinajstić information content (AvgIpc) is 2.86. The third kappa shape index (κ3) is 1.63. The molecule has 6 heteroatoms. The Morgan fingerprint density at radius 1 is 1.33 bits per heavy atom. The van der Waals surface area contributed by atoms with E-state index in [2.05, 4.69) is 4.74 Å². The Morgan fingerprint density at radius 3 is 2.50 bits per heavy atom. The molecule has 0 aromatic heterocycles. The van der Waals surface area contributed by atoms with Crippen molar-refractivity contribution in [3.63, 3.8) is 0 Å². The van der Waals surface area contributed by atoms with Crippen molar-refractivity contribution in [3.8, 4) is 12.5 Å². The molecule has 2 aliphatic rings. The lowest BCUT2D eigenvalue weighted by Gasteiger charge is -2.33. The van der Waals surface area contributed by atoms with Crippen molar-refractivity contribution in [1.82, 2.24) is 0 Å². The van der Waals surface area contributed by atoms with Crippen molar-refractivity contribution in [1.29, 1.82) is 0 Å². The number of aliphatic carboxylic acids is 1. The van der Waals surface area contributed by atoms with Crippen LogP contribution >= 0.6 is 0 Å². The van der Waals surface area contributed by atoms with Gasteiger partial charge in [-0.05, 0) is 6.42 Å². The third-order valence-corrected chi connectivity index (χ3v) is 4.01. The van der Waals surface area contributed by atoms with Gasteiger partial charge in [0, 0.05) is 11.8 Å². The first kappa shape index (κ1) is 12.7. The first-order valence-electron chi connectivity index (χ1n) is 5.62. The Labute approximate surface area is 104 Å². The topological polar surface area (TPSA) is 93.1 Å². The number of carboxylic acids is 1. The number of aliphatic hydroxyl groups is 1. The summed E-state index contributed by atoms with van der Waals surface area (Å²) < 4.78 is 9.57. The van der Waals surface area contributed by atoms with E-state index in [1.807, 2.05) is 6.11 Å². The number of carboxylic acid groups (broad SMARTS) is 1. The molecular formula is C12H14O6. The molecule has 2 fully saturated rings. The van der Waals surface area contributed by atoms with E-state index in [4.69, 9.17) is 11.2 Å². The number of methoxy groups -OCH3 is 1. The minimum atomic E-state index is -1.09. The maximum absolute atomic E-state index is 11.7. The Hall–Kier alpha value is -1.74. The van der Waals surface area contributed by atoms with E-state index >= 15 is 0 Å². The average molecular weight is 254 g/mol. The Morgan fingerprint density at radius 2 is 2.00 bits per heavy atom. The van der Waals surface area contributed by atoms with E-state index in [0.717, 1.165) is 0 Å². The molecule has 98 valence electrons. The largest absolute Gasteiger partial charge is 0.481 e. The fourth-order valence-corrected chi connectivity index (χ4v) is 3.36. The number of esters is 1. The molecule has 18 heavy (non-hydrogen) atoms. The first-order chi connectivity index (χ1) is 8.52. The summed E-state index contributed by atoms with van der Waals surface area (Å²) in [5.74, 6) is -4.36. The van der Waals surface area contributed by atoms with Gasteiger partial charge < -0.3 is 19.7 Å². The summed E-state index contributed by atoms with van der Waals surface area (Å²) >= 11 is 0. The number of rotatable bonds is 3. The molecule has 0 saturated heterocycles. The highest BCUT2D eigenvalue weighted by Crippen LogP contribution is 2.53. The molecule has 2 aliphatic carbocycles. The molecule has 0 aromatic carbocycles. The van der Waals surface area contributed by atoms with E-state index in [0.29, 0.717) is 6.42 Å². The summed E-state index contributed by atoms with van der Waals surface area (Å²) in [6.45, 7) is 0. The van der Waals surface area contributed by atoms with Crippen LogP contribution < -0.4 is 0 Å². The summed E-state index contributed by atoms with van der Waals surface area (Å²) in [4.78, 5) is 22.9. The van der Waals surface area contributed by atoms with Crippen LogP contribution in [-0.4, -0.2) is 41.5 Å². The lowest BCUT2D eigenvalue weighted by atomic mass is 9.76. The number of carbonyl (C=O) groups is 2. The van der Waals surface area contributed by atoms with Crippen LogP contribution in [0.15, 0.2) is 0 Å². The van der Waals surface area contributed by atoms with Gasteiger partial charge >= 0.3 is 11.9 Å². The van der Waals surface area contributed by atoms with Gasteiger partial charge in [-0.3, -0.25) is 9.59 Å². The van der Waals surface area contributed by atoms with Gasteiger partial charge in [-0.2, -0.15) is 0 Å². The molecular weight excluding hydrogens is 240 g/mol. The highest BCUT2D eigenvalue weighted by molar-refractivity contribution is 5.83. The number of terminal acetylenes is 1. The molecule has 6 atom stereocenters. The van der Waals surface area contributed by atoms with Crippen LogP contribution in [0.2, 0.25) is 0 Å². The number of ether oxygens (including phenoxy) is 2. The van der Waals surface area contributed by atoms with Crippen molar-refractivity contribution < 1.29 is 29.3 Å². The monoisotopic (exact) mass is 254 g/mol. The van der Waals surface area contributed by atoms with Gasteiger partial charge in [-0.15, -0.1) is 0 Å². The van der Waals surface area contributed by atoms with Crippen molar-refractivity contribution in [2.75, 3.05) is 7.11 Å². The van der Waals surface area contributed by atoms with Gasteiger partial charge in [-0.25, -0.2) is 0 Å². The normalized spacial score (nSPS) is 41.2. The van der Waals surface area contributed by atoms with Gasteiger partial charge in [0.2, 0.25) is 0 Å². The molecule has 0 aliphatic heterocycles. The smallest absolute Gasteiger partial charge is 0.309 e. The summed E-state index contributed by atoms with van der Waals surface area (Å²) in [5, 5.41) is 19.2. The Bertz CT molecular complexity index is 411. The van der Waals surface area contributed by atoms with E-state index in [1.165, 1.54) is 7.11 Å². The second kappa shape index (κ2) is 4.50. The van der Waals surface area contributed by atoms with E-state index in [1.54, 1.807) is 0 Å². The molecule has 0 radical (unpaired) electrons. The molecule has 2 N–H and O–H groups in total. The second-order valence-corrected chi connectivity index (χ2v) is 4.67. The molecule has 2 saturated carbocycles. The Kier molecular flexibility index (Phi) is 3.18. The van der Waals surface area contributed by atoms with Crippen LogP contribution in [0.25, 0.3) is 0 Å². The van der Waals surface area contributed by atoms with Crippen molar-refractivity contribution in [3.05, 3.63) is 0 Å². The lowest BCUT2D eigenvalue weighted by Crippen LogP contribution is -2.48. The molecule has 0 aromatic rings. The van der Waals surface area contributed by atoms with Crippen LogP contribution in [-0.2, 0) is 19.1 Å². The SMILES string of the molecule is C#COC1C(O)C2CC1C(C(=O)O)C2C(=O)OC. The van der Waals surface area contributed by atoms with Crippen molar-refractivity contribution in [2.45, 2.75) is 18.6 Å². The van der Waals surface area contributed by atoms with Crippen LogP contribution in [0.4, 0.5) is 0 Å². The van der Waals surface area contributed by atoms with Gasteiger partial charge in [0.15, 0.2) is 0 Å². The minimum Gasteiger partial charge on any atom is -0.481 e. The van der Waals surface area contributed by atoms with Gasteiger partial charge in [0.05, 0.1) is 25.0 Å². The molecule has 0 heterocycles. The van der Waals surface area contributed by atoms with Crippen molar-refractivity contribution >= 4 is 11.9 Å². The Balaban J connectivity index is 2.30. The van der Waals surface area contributed by atoms with E-state index in [9.17, 15) is 19.8 Å². The fraction of sp³-hybridized carbons (Fsp3) is 0.667. The van der Waals surface area contributed by atoms with Crippen LogP contribution in [0.3, 0.4) is 0 Å². The first-order valence-corrected chi connectivity index (χ1v) is 5.62. The van der Waals surface area contributed by atoms with Gasteiger partial charge in [0.1, 0.15) is 12.2 Å². The second-order valence-electron chi connectivity index (χ2n) is 4.67. The number of carbonyl (C=O) groups excluding carboxylic acids is 1.